The molecule has 2 heteroatoms. The topological polar surface area (TPSA) is 0 Å². The Kier molecular flexibility index (Phi) is 2.06. The largest absolute Gasteiger partial charge is 0.0600 e. The summed E-state index contributed by atoms with van der Waals surface area (Å²) in [7, 11) is 0. The average molecular weight is 276 g/mol. The molecule has 1 aromatic rings. The third kappa shape index (κ3) is 1.52. The van der Waals surface area contributed by atoms with Crippen LogP contribution in [-0.2, 0) is 0 Å². The second-order valence-corrected chi connectivity index (χ2v) is 4.62. The van der Waals surface area contributed by atoms with Gasteiger partial charge >= 0.3 is 0 Å². The van der Waals surface area contributed by atoms with Gasteiger partial charge in [0.25, 0.3) is 0 Å². The summed E-state index contributed by atoms with van der Waals surface area (Å²) in [6.07, 6.45) is 2.70. The average Bonchev–Trinajstić information content (AvgIpc) is 2.70. The quantitative estimate of drug-likeness (QED) is 0.724. The second-order valence-electron chi connectivity index (χ2n) is 2.91. The highest BCUT2D eigenvalue weighted by atomic mass is 79.9. The smallest absolute Gasteiger partial charge is 0.0221 e. The first-order valence-electron chi connectivity index (χ1n) is 3.73. The van der Waals surface area contributed by atoms with Crippen LogP contribution in [0.5, 0.6) is 0 Å². The molecule has 0 atom stereocenters. The van der Waals surface area contributed by atoms with Crippen LogP contribution in [0.2, 0.25) is 0 Å². The maximum atomic E-state index is 3.56. The van der Waals surface area contributed by atoms with Crippen LogP contribution >= 0.6 is 31.9 Å². The van der Waals surface area contributed by atoms with Crippen molar-refractivity contribution < 1.29 is 0 Å². The molecule has 0 heterocycles. The van der Waals surface area contributed by atoms with Gasteiger partial charge in [-0.3, -0.25) is 0 Å². The van der Waals surface area contributed by atoms with Crippen molar-refractivity contribution in [3.8, 4) is 0 Å². The maximum absolute atomic E-state index is 3.56. The minimum absolute atomic E-state index is 0.806. The summed E-state index contributed by atoms with van der Waals surface area (Å²) < 4.78 is 2.49. The third-order valence-electron chi connectivity index (χ3n) is 1.99. The van der Waals surface area contributed by atoms with E-state index in [2.05, 4.69) is 50.1 Å². The highest BCUT2D eigenvalue weighted by molar-refractivity contribution is 9.11. The Morgan fingerprint density at radius 3 is 2.09 bits per heavy atom. The molecule has 0 aliphatic heterocycles. The SMILES string of the molecule is Brc1cccc(Br)c1C1CC1. The van der Waals surface area contributed by atoms with Crippen molar-refractivity contribution in [3.63, 3.8) is 0 Å². The van der Waals surface area contributed by atoms with Gasteiger partial charge in [0.2, 0.25) is 0 Å². The lowest BCUT2D eigenvalue weighted by Gasteiger charge is -2.03. The molecule has 0 amide bonds. The molecule has 1 aliphatic carbocycles. The Balaban J connectivity index is 2.48. The minimum Gasteiger partial charge on any atom is -0.0600 e. The van der Waals surface area contributed by atoms with Crippen LogP contribution in [0.4, 0.5) is 0 Å². The summed E-state index contributed by atoms with van der Waals surface area (Å²) in [5.41, 5.74) is 1.45. The van der Waals surface area contributed by atoms with Crippen molar-refractivity contribution in [1.29, 1.82) is 0 Å². The number of halogens is 2. The number of hydrogen-bond acceptors (Lipinski definition) is 0. The second kappa shape index (κ2) is 2.91. The fourth-order valence-electron chi connectivity index (χ4n) is 1.27. The van der Waals surface area contributed by atoms with Crippen molar-refractivity contribution in [3.05, 3.63) is 32.7 Å². The Hall–Kier alpha value is 0.180. The van der Waals surface area contributed by atoms with Crippen LogP contribution in [0.15, 0.2) is 27.1 Å². The predicted molar refractivity (Wildman–Crippen MR) is 53.8 cm³/mol. The highest BCUT2D eigenvalue weighted by Gasteiger charge is 2.27. The highest BCUT2D eigenvalue weighted by Crippen LogP contribution is 2.46. The van der Waals surface area contributed by atoms with E-state index in [-0.39, 0.29) is 0 Å². The van der Waals surface area contributed by atoms with E-state index < -0.39 is 0 Å². The van der Waals surface area contributed by atoms with Crippen molar-refractivity contribution in [2.75, 3.05) is 0 Å². The van der Waals surface area contributed by atoms with Crippen molar-refractivity contribution in [1.82, 2.24) is 0 Å². The number of hydrogen-bond donors (Lipinski definition) is 0. The Bertz CT molecular complexity index is 257. The zero-order chi connectivity index (χ0) is 7.84. The van der Waals surface area contributed by atoms with Crippen LogP contribution in [0.1, 0.15) is 24.3 Å². The minimum atomic E-state index is 0.806. The lowest BCUT2D eigenvalue weighted by molar-refractivity contribution is 1.10. The molecular weight excluding hydrogens is 268 g/mol. The molecule has 1 aromatic carbocycles. The lowest BCUT2D eigenvalue weighted by atomic mass is 10.1. The van der Waals surface area contributed by atoms with Gasteiger partial charge in [0.15, 0.2) is 0 Å². The molecule has 0 unspecified atom stereocenters. The molecule has 0 N–H and O–H groups in total. The van der Waals surface area contributed by atoms with Gasteiger partial charge in [0.1, 0.15) is 0 Å². The molecule has 1 saturated carbocycles. The first kappa shape index (κ1) is 7.81. The van der Waals surface area contributed by atoms with E-state index in [4.69, 9.17) is 0 Å². The van der Waals surface area contributed by atoms with E-state index in [0.29, 0.717) is 0 Å². The van der Waals surface area contributed by atoms with E-state index >= 15 is 0 Å². The van der Waals surface area contributed by atoms with E-state index in [1.165, 1.54) is 27.4 Å². The summed E-state index contributed by atoms with van der Waals surface area (Å²) in [4.78, 5) is 0. The van der Waals surface area contributed by atoms with Gasteiger partial charge in [-0.1, -0.05) is 37.9 Å². The molecule has 58 valence electrons. The van der Waals surface area contributed by atoms with Gasteiger partial charge < -0.3 is 0 Å². The van der Waals surface area contributed by atoms with E-state index in [9.17, 15) is 0 Å². The third-order valence-corrected chi connectivity index (χ3v) is 3.37. The van der Waals surface area contributed by atoms with Crippen molar-refractivity contribution >= 4 is 31.9 Å². The Labute approximate surface area is 83.3 Å². The van der Waals surface area contributed by atoms with Gasteiger partial charge in [0, 0.05) is 8.95 Å². The summed E-state index contributed by atoms with van der Waals surface area (Å²) in [6, 6.07) is 6.27. The fourth-order valence-corrected chi connectivity index (χ4v) is 2.92. The van der Waals surface area contributed by atoms with Crippen molar-refractivity contribution in [2.45, 2.75) is 18.8 Å². The van der Waals surface area contributed by atoms with Crippen LogP contribution < -0.4 is 0 Å². The van der Waals surface area contributed by atoms with Gasteiger partial charge in [0.05, 0.1) is 0 Å². The fraction of sp³-hybridized carbons (Fsp3) is 0.333. The monoisotopic (exact) mass is 274 g/mol. The van der Waals surface area contributed by atoms with E-state index in [0.717, 1.165) is 5.92 Å². The maximum Gasteiger partial charge on any atom is 0.0221 e. The molecule has 0 radical (unpaired) electrons. The predicted octanol–water partition coefficient (Wildman–Crippen LogP) is 4.09. The summed E-state index contributed by atoms with van der Waals surface area (Å²) in [6.45, 7) is 0. The lowest BCUT2D eigenvalue weighted by Crippen LogP contribution is -1.82. The van der Waals surface area contributed by atoms with Crippen LogP contribution in [0.25, 0.3) is 0 Å². The number of benzene rings is 1. The zero-order valence-electron chi connectivity index (χ0n) is 5.98. The summed E-state index contributed by atoms with van der Waals surface area (Å²) in [5, 5.41) is 0. The molecule has 0 saturated heterocycles. The molecule has 2 rings (SSSR count). The first-order chi connectivity index (χ1) is 5.29. The van der Waals surface area contributed by atoms with Gasteiger partial charge in [-0.05, 0) is 36.5 Å². The Morgan fingerprint density at radius 1 is 1.09 bits per heavy atom. The molecule has 1 fully saturated rings. The van der Waals surface area contributed by atoms with Crippen LogP contribution in [-0.4, -0.2) is 0 Å². The first-order valence-corrected chi connectivity index (χ1v) is 5.31. The van der Waals surface area contributed by atoms with E-state index in [1.54, 1.807) is 0 Å². The van der Waals surface area contributed by atoms with Crippen LogP contribution in [0, 0.1) is 0 Å². The summed E-state index contributed by atoms with van der Waals surface area (Å²) in [5.74, 6) is 0.806. The number of rotatable bonds is 1. The van der Waals surface area contributed by atoms with E-state index in [1.807, 2.05) is 0 Å². The Morgan fingerprint density at radius 2 is 1.64 bits per heavy atom. The normalized spacial score (nSPS) is 16.9. The molecule has 11 heavy (non-hydrogen) atoms. The molecule has 0 aromatic heterocycles. The molecule has 1 aliphatic rings. The standard InChI is InChI=1S/C9H8Br2/c10-7-2-1-3-8(11)9(7)6-4-5-6/h1-3,6H,4-5H2. The van der Waals surface area contributed by atoms with Crippen LogP contribution in [0.3, 0.4) is 0 Å². The molecule has 0 nitrogen and oxygen atoms in total. The molecular formula is C9H8Br2. The van der Waals surface area contributed by atoms with Gasteiger partial charge in [-0.25, -0.2) is 0 Å². The molecule has 0 spiro atoms. The van der Waals surface area contributed by atoms with Crippen molar-refractivity contribution in [2.24, 2.45) is 0 Å². The molecule has 0 bridgehead atoms. The summed E-state index contributed by atoms with van der Waals surface area (Å²) >= 11 is 7.12. The van der Waals surface area contributed by atoms with Gasteiger partial charge in [-0.2, -0.15) is 0 Å². The zero-order valence-corrected chi connectivity index (χ0v) is 9.15. The van der Waals surface area contributed by atoms with Gasteiger partial charge in [-0.15, -0.1) is 0 Å².